The van der Waals surface area contributed by atoms with Crippen molar-refractivity contribution in [3.8, 4) is 0 Å². The zero-order valence-corrected chi connectivity index (χ0v) is 7.51. The largest absolute Gasteiger partial charge is 0.370 e. The summed E-state index contributed by atoms with van der Waals surface area (Å²) in [5.41, 5.74) is 15.3. The van der Waals surface area contributed by atoms with Crippen molar-refractivity contribution in [2.24, 2.45) is 22.2 Å². The molecule has 7 nitrogen and oxygen atoms in total. The smallest absolute Gasteiger partial charge is 0.185 e. The van der Waals surface area contributed by atoms with Crippen LogP contribution in [-0.4, -0.2) is 38.1 Å². The maximum absolute atomic E-state index is 6.85. The Morgan fingerprint density at radius 3 is 2.38 bits per heavy atom. The number of nitrogens with one attached hydrogen (secondary N) is 3. The molecule has 0 saturated carbocycles. The summed E-state index contributed by atoms with van der Waals surface area (Å²) in [5, 5.41) is 12.6. The first kappa shape index (κ1) is 11.5. The van der Waals surface area contributed by atoms with E-state index in [1.54, 1.807) is 0 Å². The van der Waals surface area contributed by atoms with Gasteiger partial charge in [0.05, 0.1) is 6.54 Å². The number of nitrogens with two attached hydrogens (primary N) is 3. The molecule has 0 aliphatic rings. The molecule has 0 atom stereocenters. The SMILES string of the molecule is N=C(N)NCCNCCN=C(N)N. The van der Waals surface area contributed by atoms with Crippen LogP contribution in [-0.2, 0) is 0 Å². The number of aliphatic imine (C=N–C) groups is 1. The summed E-state index contributed by atoms with van der Waals surface area (Å²) in [6, 6.07) is 0. The number of hydrogen-bond donors (Lipinski definition) is 6. The second-order valence-electron chi connectivity index (χ2n) is 2.40. The van der Waals surface area contributed by atoms with E-state index in [9.17, 15) is 0 Å². The van der Waals surface area contributed by atoms with E-state index in [2.05, 4.69) is 15.6 Å². The third-order valence-electron chi connectivity index (χ3n) is 1.20. The van der Waals surface area contributed by atoms with E-state index in [0.29, 0.717) is 19.6 Å². The van der Waals surface area contributed by atoms with Crippen molar-refractivity contribution in [2.75, 3.05) is 26.2 Å². The predicted molar refractivity (Wildman–Crippen MR) is 53.5 cm³/mol. The van der Waals surface area contributed by atoms with E-state index in [1.807, 2.05) is 0 Å². The van der Waals surface area contributed by atoms with E-state index in [4.69, 9.17) is 22.6 Å². The Morgan fingerprint density at radius 2 is 1.85 bits per heavy atom. The maximum atomic E-state index is 6.85. The highest BCUT2D eigenvalue weighted by Crippen LogP contribution is 1.65. The van der Waals surface area contributed by atoms with Gasteiger partial charge in [0.25, 0.3) is 0 Å². The van der Waals surface area contributed by atoms with Gasteiger partial charge in [-0.3, -0.25) is 10.4 Å². The molecule has 0 aliphatic carbocycles. The third kappa shape index (κ3) is 10.5. The van der Waals surface area contributed by atoms with Crippen LogP contribution in [0.15, 0.2) is 4.99 Å². The van der Waals surface area contributed by atoms with Crippen LogP contribution < -0.4 is 27.8 Å². The van der Waals surface area contributed by atoms with Crippen LogP contribution in [0.25, 0.3) is 0 Å². The molecule has 9 N–H and O–H groups in total. The Hall–Kier alpha value is -1.50. The second-order valence-corrected chi connectivity index (χ2v) is 2.40. The quantitative estimate of drug-likeness (QED) is 0.153. The van der Waals surface area contributed by atoms with Gasteiger partial charge in [0.1, 0.15) is 0 Å². The van der Waals surface area contributed by atoms with E-state index in [-0.39, 0.29) is 11.9 Å². The van der Waals surface area contributed by atoms with Crippen molar-refractivity contribution in [1.29, 1.82) is 5.41 Å². The molecule has 0 aromatic rings. The highest BCUT2D eigenvalue weighted by atomic mass is 15.1. The molecule has 0 aliphatic heterocycles. The van der Waals surface area contributed by atoms with Gasteiger partial charge in [-0.15, -0.1) is 0 Å². The molecule has 13 heavy (non-hydrogen) atoms. The van der Waals surface area contributed by atoms with Crippen LogP contribution in [0.4, 0.5) is 0 Å². The highest BCUT2D eigenvalue weighted by molar-refractivity contribution is 5.75. The van der Waals surface area contributed by atoms with Crippen LogP contribution in [0.5, 0.6) is 0 Å². The molecular formula is C6H17N7. The summed E-state index contributed by atoms with van der Waals surface area (Å²) in [6.07, 6.45) is 0. The molecule has 0 aromatic carbocycles. The Bertz CT molecular complexity index is 172. The molecule has 0 amide bonds. The maximum Gasteiger partial charge on any atom is 0.185 e. The Labute approximate surface area is 77.3 Å². The lowest BCUT2D eigenvalue weighted by atomic mass is 10.5. The van der Waals surface area contributed by atoms with Gasteiger partial charge >= 0.3 is 0 Å². The van der Waals surface area contributed by atoms with Crippen molar-refractivity contribution < 1.29 is 0 Å². The first-order chi connectivity index (χ1) is 6.13. The van der Waals surface area contributed by atoms with E-state index >= 15 is 0 Å². The monoisotopic (exact) mass is 187 g/mol. The van der Waals surface area contributed by atoms with Gasteiger partial charge < -0.3 is 27.8 Å². The lowest BCUT2D eigenvalue weighted by molar-refractivity contribution is 0.673. The van der Waals surface area contributed by atoms with Crippen LogP contribution in [0.2, 0.25) is 0 Å². The lowest BCUT2D eigenvalue weighted by Gasteiger charge is -2.04. The number of nitrogens with zero attached hydrogens (tertiary/aromatic N) is 1. The minimum absolute atomic E-state index is 0.0222. The highest BCUT2D eigenvalue weighted by Gasteiger charge is 1.87. The first-order valence-electron chi connectivity index (χ1n) is 3.97. The topological polar surface area (TPSA) is 138 Å². The van der Waals surface area contributed by atoms with Crippen LogP contribution in [0.1, 0.15) is 0 Å². The number of hydrogen-bond acceptors (Lipinski definition) is 3. The Morgan fingerprint density at radius 1 is 1.15 bits per heavy atom. The fourth-order valence-electron chi connectivity index (χ4n) is 0.675. The van der Waals surface area contributed by atoms with Gasteiger partial charge in [0.15, 0.2) is 11.9 Å². The fraction of sp³-hybridized carbons (Fsp3) is 0.667. The number of rotatable bonds is 6. The minimum Gasteiger partial charge on any atom is -0.370 e. The average Bonchev–Trinajstić information content (AvgIpc) is 2.01. The molecule has 0 heterocycles. The van der Waals surface area contributed by atoms with E-state index < -0.39 is 0 Å². The van der Waals surface area contributed by atoms with E-state index in [1.165, 1.54) is 0 Å². The van der Waals surface area contributed by atoms with Crippen molar-refractivity contribution >= 4 is 11.9 Å². The van der Waals surface area contributed by atoms with Gasteiger partial charge in [-0.1, -0.05) is 0 Å². The molecule has 0 bridgehead atoms. The predicted octanol–water partition coefficient (Wildman–Crippen LogP) is -2.67. The molecule has 0 aromatic heterocycles. The van der Waals surface area contributed by atoms with Gasteiger partial charge in [-0.05, 0) is 0 Å². The van der Waals surface area contributed by atoms with Crippen LogP contribution >= 0.6 is 0 Å². The first-order valence-corrected chi connectivity index (χ1v) is 3.97. The molecule has 7 heteroatoms. The van der Waals surface area contributed by atoms with Crippen molar-refractivity contribution in [2.45, 2.75) is 0 Å². The zero-order chi connectivity index (χ0) is 10.1. The third-order valence-corrected chi connectivity index (χ3v) is 1.20. The van der Waals surface area contributed by atoms with Crippen molar-refractivity contribution in [1.82, 2.24) is 10.6 Å². The van der Waals surface area contributed by atoms with E-state index in [0.717, 1.165) is 6.54 Å². The van der Waals surface area contributed by atoms with Gasteiger partial charge in [0, 0.05) is 19.6 Å². The molecule has 0 fully saturated rings. The van der Waals surface area contributed by atoms with Gasteiger partial charge in [0.2, 0.25) is 0 Å². The summed E-state index contributed by atoms with van der Waals surface area (Å²) in [4.78, 5) is 3.78. The van der Waals surface area contributed by atoms with Gasteiger partial charge in [-0.2, -0.15) is 0 Å². The standard InChI is InChI=1S/C6H17N7/c7-5(8)12-3-1-11-2-4-13-6(9)10/h11H,1-4H2,(H4,7,8,12)(H4,9,10,13). The Balaban J connectivity index is 3.09. The molecule has 0 rings (SSSR count). The zero-order valence-electron chi connectivity index (χ0n) is 7.51. The molecule has 0 unspecified atom stereocenters. The van der Waals surface area contributed by atoms with Crippen LogP contribution in [0.3, 0.4) is 0 Å². The lowest BCUT2D eigenvalue weighted by Crippen LogP contribution is -2.36. The van der Waals surface area contributed by atoms with Crippen LogP contribution in [0, 0.1) is 5.41 Å². The van der Waals surface area contributed by atoms with Gasteiger partial charge in [-0.25, -0.2) is 0 Å². The Kier molecular flexibility index (Phi) is 6.34. The molecule has 0 radical (unpaired) electrons. The summed E-state index contributed by atoms with van der Waals surface area (Å²) < 4.78 is 0. The summed E-state index contributed by atoms with van der Waals surface area (Å²) in [6.45, 7) is 2.61. The molecular weight excluding hydrogens is 170 g/mol. The van der Waals surface area contributed by atoms with Crippen molar-refractivity contribution in [3.05, 3.63) is 0 Å². The molecule has 0 spiro atoms. The fourth-order valence-corrected chi connectivity index (χ4v) is 0.675. The minimum atomic E-state index is -0.0222. The second kappa shape index (κ2) is 7.17. The normalized spacial score (nSPS) is 9.23. The molecule has 0 saturated heterocycles. The summed E-state index contributed by atoms with van der Waals surface area (Å²) >= 11 is 0. The summed E-state index contributed by atoms with van der Waals surface area (Å²) in [7, 11) is 0. The molecule has 76 valence electrons. The average molecular weight is 187 g/mol. The number of guanidine groups is 2. The van der Waals surface area contributed by atoms with Crippen molar-refractivity contribution in [3.63, 3.8) is 0 Å². The summed E-state index contributed by atoms with van der Waals surface area (Å²) in [5.74, 6) is 0.0784.